The molecular formula is C23H27FN2O7S. The number of esters is 1. The second-order valence-electron chi connectivity index (χ2n) is 7.75. The number of amides is 1. The third-order valence-corrected chi connectivity index (χ3v) is 7.22. The fourth-order valence-corrected chi connectivity index (χ4v) is 5.10. The highest BCUT2D eigenvalue weighted by Crippen LogP contribution is 2.29. The summed E-state index contributed by atoms with van der Waals surface area (Å²) in [5, 5.41) is 0. The highest BCUT2D eigenvalue weighted by molar-refractivity contribution is 7.89. The van der Waals surface area contributed by atoms with Crippen LogP contribution in [0.25, 0.3) is 0 Å². The van der Waals surface area contributed by atoms with Gasteiger partial charge in [-0.3, -0.25) is 4.79 Å². The first-order valence-electron chi connectivity index (χ1n) is 10.6. The van der Waals surface area contributed by atoms with Gasteiger partial charge in [-0.05, 0) is 42.8 Å². The van der Waals surface area contributed by atoms with Crippen LogP contribution in [-0.4, -0.2) is 76.1 Å². The summed E-state index contributed by atoms with van der Waals surface area (Å²) in [6, 6.07) is 9.75. The fraction of sp³-hybridized carbons (Fsp3) is 0.391. The predicted molar refractivity (Wildman–Crippen MR) is 120 cm³/mol. The maximum Gasteiger partial charge on any atom is 0.338 e. The Morgan fingerprint density at radius 2 is 1.88 bits per heavy atom. The number of hydrogen-bond acceptors (Lipinski definition) is 7. The molecule has 0 saturated carbocycles. The minimum Gasteiger partial charge on any atom is -0.495 e. The van der Waals surface area contributed by atoms with Gasteiger partial charge in [-0.2, -0.15) is 4.31 Å². The molecule has 2 aromatic carbocycles. The minimum absolute atomic E-state index is 0.0416. The van der Waals surface area contributed by atoms with Crippen molar-refractivity contribution in [3.63, 3.8) is 0 Å². The molecule has 3 rings (SSSR count). The van der Waals surface area contributed by atoms with E-state index in [1.165, 1.54) is 60.6 Å². The van der Waals surface area contributed by atoms with Crippen molar-refractivity contribution >= 4 is 21.9 Å². The first-order chi connectivity index (χ1) is 16.1. The van der Waals surface area contributed by atoms with Crippen LogP contribution in [0, 0.1) is 5.82 Å². The third kappa shape index (κ3) is 5.91. The zero-order chi connectivity index (χ0) is 24.9. The van der Waals surface area contributed by atoms with E-state index in [9.17, 15) is 22.4 Å². The van der Waals surface area contributed by atoms with Crippen LogP contribution >= 0.6 is 0 Å². The van der Waals surface area contributed by atoms with Crippen LogP contribution in [0.1, 0.15) is 22.8 Å². The maximum absolute atomic E-state index is 13.4. The summed E-state index contributed by atoms with van der Waals surface area (Å²) < 4.78 is 56.6. The molecule has 1 saturated heterocycles. The summed E-state index contributed by atoms with van der Waals surface area (Å²) in [5.41, 5.74) is 0.544. The molecule has 1 fully saturated rings. The topological polar surface area (TPSA) is 102 Å². The van der Waals surface area contributed by atoms with E-state index in [-0.39, 0.29) is 49.1 Å². The summed E-state index contributed by atoms with van der Waals surface area (Å²) in [6.07, 6.45) is -1.15. The van der Waals surface area contributed by atoms with Gasteiger partial charge in [0.15, 0.2) is 6.10 Å². The summed E-state index contributed by atoms with van der Waals surface area (Å²) in [4.78, 5) is 26.5. The van der Waals surface area contributed by atoms with Gasteiger partial charge in [0.25, 0.3) is 5.91 Å². The number of hydrogen-bond donors (Lipinski definition) is 0. The van der Waals surface area contributed by atoms with E-state index in [1.54, 1.807) is 12.1 Å². The standard InChI is InChI=1S/C23H27FN2O7S/c1-16(22(27)25(2)15-17-5-4-6-19(24)13-17)33-23(28)18-7-8-20(31-3)21(14-18)34(29,30)26-9-11-32-12-10-26/h4-8,13-14,16H,9-12,15H2,1-3H3. The Morgan fingerprint density at radius 1 is 1.18 bits per heavy atom. The Balaban J connectivity index is 1.73. The molecular weight excluding hydrogens is 467 g/mol. The molecule has 9 nitrogen and oxygen atoms in total. The Morgan fingerprint density at radius 3 is 2.53 bits per heavy atom. The SMILES string of the molecule is COc1ccc(C(=O)OC(C)C(=O)N(C)Cc2cccc(F)c2)cc1S(=O)(=O)N1CCOCC1. The number of halogens is 1. The molecule has 1 aliphatic rings. The average Bonchev–Trinajstić information content (AvgIpc) is 2.83. The number of morpholine rings is 1. The molecule has 1 amide bonds. The van der Waals surface area contributed by atoms with Crippen molar-refractivity contribution in [1.82, 2.24) is 9.21 Å². The molecule has 0 aromatic heterocycles. The van der Waals surface area contributed by atoms with Crippen molar-refractivity contribution in [3.05, 3.63) is 59.4 Å². The molecule has 11 heteroatoms. The molecule has 0 N–H and O–H groups in total. The van der Waals surface area contributed by atoms with E-state index in [2.05, 4.69) is 0 Å². The van der Waals surface area contributed by atoms with Crippen LogP contribution in [0.4, 0.5) is 4.39 Å². The van der Waals surface area contributed by atoms with Crippen molar-refractivity contribution in [3.8, 4) is 5.75 Å². The van der Waals surface area contributed by atoms with E-state index in [4.69, 9.17) is 14.2 Å². The lowest BCUT2D eigenvalue weighted by molar-refractivity contribution is -0.139. The van der Waals surface area contributed by atoms with Crippen LogP contribution in [-0.2, 0) is 30.8 Å². The maximum atomic E-state index is 13.4. The Hall–Kier alpha value is -3.02. The lowest BCUT2D eigenvalue weighted by Crippen LogP contribution is -2.40. The average molecular weight is 495 g/mol. The van der Waals surface area contributed by atoms with E-state index in [1.807, 2.05) is 0 Å². The monoisotopic (exact) mass is 494 g/mol. The second-order valence-corrected chi connectivity index (χ2v) is 9.66. The van der Waals surface area contributed by atoms with Crippen LogP contribution in [0.2, 0.25) is 0 Å². The zero-order valence-corrected chi connectivity index (χ0v) is 20.0. The fourth-order valence-electron chi connectivity index (χ4n) is 3.51. The zero-order valence-electron chi connectivity index (χ0n) is 19.2. The summed E-state index contributed by atoms with van der Waals surface area (Å²) >= 11 is 0. The van der Waals surface area contributed by atoms with Crippen LogP contribution < -0.4 is 4.74 Å². The molecule has 34 heavy (non-hydrogen) atoms. The molecule has 0 radical (unpaired) electrons. The van der Waals surface area contributed by atoms with Gasteiger partial charge in [0.05, 0.1) is 25.9 Å². The van der Waals surface area contributed by atoms with E-state index >= 15 is 0 Å². The van der Waals surface area contributed by atoms with Crippen LogP contribution in [0.15, 0.2) is 47.4 Å². The Bertz CT molecular complexity index is 1150. The van der Waals surface area contributed by atoms with Crippen LogP contribution in [0.5, 0.6) is 5.75 Å². The molecule has 1 heterocycles. The number of rotatable bonds is 8. The number of sulfonamides is 1. The molecule has 0 aliphatic carbocycles. The number of ether oxygens (including phenoxy) is 3. The van der Waals surface area contributed by atoms with Crippen molar-refractivity contribution in [2.45, 2.75) is 24.5 Å². The van der Waals surface area contributed by atoms with Gasteiger partial charge in [-0.25, -0.2) is 17.6 Å². The first kappa shape index (κ1) is 25.6. The van der Waals surface area contributed by atoms with E-state index < -0.39 is 33.8 Å². The number of methoxy groups -OCH3 is 1. The highest BCUT2D eigenvalue weighted by atomic mass is 32.2. The molecule has 2 aromatic rings. The number of benzene rings is 2. The van der Waals surface area contributed by atoms with E-state index in [0.29, 0.717) is 5.56 Å². The minimum atomic E-state index is -3.94. The summed E-state index contributed by atoms with van der Waals surface area (Å²) in [6.45, 7) is 2.45. The molecule has 184 valence electrons. The van der Waals surface area contributed by atoms with Crippen molar-refractivity contribution in [2.24, 2.45) is 0 Å². The van der Waals surface area contributed by atoms with Gasteiger partial charge in [-0.1, -0.05) is 12.1 Å². The van der Waals surface area contributed by atoms with E-state index in [0.717, 1.165) is 0 Å². The van der Waals surface area contributed by atoms with Gasteiger partial charge < -0.3 is 19.1 Å². The van der Waals surface area contributed by atoms with Crippen molar-refractivity contribution in [1.29, 1.82) is 0 Å². The third-order valence-electron chi connectivity index (χ3n) is 5.30. The quantitative estimate of drug-likeness (QED) is 0.518. The highest BCUT2D eigenvalue weighted by Gasteiger charge is 2.31. The molecule has 0 bridgehead atoms. The van der Waals surface area contributed by atoms with Gasteiger partial charge in [0, 0.05) is 26.7 Å². The van der Waals surface area contributed by atoms with Crippen molar-refractivity contribution < 1.29 is 36.6 Å². The lowest BCUT2D eigenvalue weighted by Gasteiger charge is -2.27. The summed E-state index contributed by atoms with van der Waals surface area (Å²) in [7, 11) is -1.10. The van der Waals surface area contributed by atoms with Crippen molar-refractivity contribution in [2.75, 3.05) is 40.5 Å². The van der Waals surface area contributed by atoms with Gasteiger partial charge in [0.1, 0.15) is 16.5 Å². The predicted octanol–water partition coefficient (Wildman–Crippen LogP) is 2.06. The normalized spacial score (nSPS) is 15.4. The number of nitrogens with zero attached hydrogens (tertiary/aromatic N) is 2. The smallest absolute Gasteiger partial charge is 0.338 e. The Kier molecular flexibility index (Phi) is 8.24. The molecule has 0 spiro atoms. The van der Waals surface area contributed by atoms with Gasteiger partial charge in [-0.15, -0.1) is 0 Å². The molecule has 1 atom stereocenters. The molecule has 1 unspecified atom stereocenters. The second kappa shape index (κ2) is 10.9. The summed E-state index contributed by atoms with van der Waals surface area (Å²) in [5.74, 6) is -1.68. The van der Waals surface area contributed by atoms with Gasteiger partial charge in [0.2, 0.25) is 10.0 Å². The first-order valence-corrected chi connectivity index (χ1v) is 12.0. The van der Waals surface area contributed by atoms with Crippen LogP contribution in [0.3, 0.4) is 0 Å². The van der Waals surface area contributed by atoms with Gasteiger partial charge >= 0.3 is 5.97 Å². The lowest BCUT2D eigenvalue weighted by atomic mass is 10.2. The molecule has 1 aliphatic heterocycles. The number of carbonyl (C=O) groups excluding carboxylic acids is 2. The largest absolute Gasteiger partial charge is 0.495 e. The number of carbonyl (C=O) groups is 2. The number of likely N-dealkylation sites (N-methyl/N-ethyl adjacent to an activating group) is 1. The Labute approximate surface area is 198 Å².